The normalized spacial score (nSPS) is 13.1. The number of benzene rings is 3. The van der Waals surface area contributed by atoms with Crippen molar-refractivity contribution in [1.82, 2.24) is 4.90 Å². The molecule has 1 heterocycles. The molecular formula is C27H29NO3S. The number of thiocarbonyl (C=S) groups is 1. The number of likely N-dealkylation sites (tertiary alicyclic amines) is 1. The molecule has 0 aromatic heterocycles. The third kappa shape index (κ3) is 5.60. The van der Waals surface area contributed by atoms with Crippen LogP contribution in [-0.4, -0.2) is 30.1 Å². The summed E-state index contributed by atoms with van der Waals surface area (Å²) in [7, 11) is 1.65. The van der Waals surface area contributed by atoms with Gasteiger partial charge in [-0.2, -0.15) is 0 Å². The summed E-state index contributed by atoms with van der Waals surface area (Å²) in [5.41, 5.74) is 4.45. The van der Waals surface area contributed by atoms with Crippen molar-refractivity contribution in [1.29, 1.82) is 0 Å². The molecule has 0 unspecified atom stereocenters. The van der Waals surface area contributed by atoms with Crippen LogP contribution in [0.1, 0.15) is 35.1 Å². The molecule has 0 amide bonds. The third-order valence-corrected chi connectivity index (χ3v) is 6.14. The molecular weight excluding hydrogens is 418 g/mol. The maximum atomic E-state index is 5.98. The van der Waals surface area contributed by atoms with Crippen molar-refractivity contribution in [2.45, 2.75) is 33.0 Å². The van der Waals surface area contributed by atoms with Gasteiger partial charge in [-0.1, -0.05) is 48.1 Å². The van der Waals surface area contributed by atoms with E-state index in [0.29, 0.717) is 19.0 Å². The number of hydrogen-bond acceptors (Lipinski definition) is 4. The van der Waals surface area contributed by atoms with Crippen LogP contribution in [0, 0.1) is 6.92 Å². The van der Waals surface area contributed by atoms with E-state index in [1.807, 2.05) is 42.5 Å². The van der Waals surface area contributed by atoms with Crippen LogP contribution in [0.15, 0.2) is 66.7 Å². The predicted octanol–water partition coefficient (Wildman–Crippen LogP) is 5.93. The SMILES string of the molecule is COc1cc(COc2ccc(C(=S)N3CCCC3)cc2)ccc1OCc1ccc(C)cc1. The van der Waals surface area contributed by atoms with E-state index in [2.05, 4.69) is 36.1 Å². The average molecular weight is 448 g/mol. The van der Waals surface area contributed by atoms with Crippen molar-refractivity contribution in [2.75, 3.05) is 20.2 Å². The van der Waals surface area contributed by atoms with Crippen LogP contribution in [0.2, 0.25) is 0 Å². The van der Waals surface area contributed by atoms with Gasteiger partial charge in [-0.3, -0.25) is 0 Å². The molecule has 3 aromatic carbocycles. The Balaban J connectivity index is 1.33. The summed E-state index contributed by atoms with van der Waals surface area (Å²) in [4.78, 5) is 3.21. The Labute approximate surface area is 195 Å². The lowest BCUT2D eigenvalue weighted by Crippen LogP contribution is -2.26. The minimum absolute atomic E-state index is 0.449. The van der Waals surface area contributed by atoms with E-state index < -0.39 is 0 Å². The van der Waals surface area contributed by atoms with Crippen molar-refractivity contribution >= 4 is 17.2 Å². The highest BCUT2D eigenvalue weighted by molar-refractivity contribution is 7.80. The van der Waals surface area contributed by atoms with Gasteiger partial charge in [0, 0.05) is 18.7 Å². The maximum absolute atomic E-state index is 5.98. The van der Waals surface area contributed by atoms with E-state index in [-0.39, 0.29) is 0 Å². The van der Waals surface area contributed by atoms with Gasteiger partial charge in [-0.25, -0.2) is 0 Å². The van der Waals surface area contributed by atoms with Crippen LogP contribution in [0.25, 0.3) is 0 Å². The summed E-state index contributed by atoms with van der Waals surface area (Å²) < 4.78 is 17.5. The van der Waals surface area contributed by atoms with Crippen molar-refractivity contribution < 1.29 is 14.2 Å². The molecule has 166 valence electrons. The van der Waals surface area contributed by atoms with E-state index in [4.69, 9.17) is 26.4 Å². The zero-order valence-corrected chi connectivity index (χ0v) is 19.5. The molecule has 1 aliphatic heterocycles. The summed E-state index contributed by atoms with van der Waals surface area (Å²) in [6.45, 7) is 5.14. The molecule has 0 radical (unpaired) electrons. The largest absolute Gasteiger partial charge is 0.493 e. The number of hydrogen-bond donors (Lipinski definition) is 0. The Morgan fingerprint density at radius 1 is 0.812 bits per heavy atom. The Kier molecular flexibility index (Phi) is 7.28. The molecule has 1 saturated heterocycles. The molecule has 0 aliphatic carbocycles. The number of nitrogens with zero attached hydrogens (tertiary/aromatic N) is 1. The van der Waals surface area contributed by atoms with Crippen LogP contribution < -0.4 is 14.2 Å². The molecule has 0 saturated carbocycles. The lowest BCUT2D eigenvalue weighted by molar-refractivity contribution is 0.281. The molecule has 5 heteroatoms. The van der Waals surface area contributed by atoms with Gasteiger partial charge >= 0.3 is 0 Å². The van der Waals surface area contributed by atoms with Crippen LogP contribution in [0.3, 0.4) is 0 Å². The third-order valence-electron chi connectivity index (χ3n) is 5.64. The molecule has 0 N–H and O–H groups in total. The quantitative estimate of drug-likeness (QED) is 0.399. The standard InChI is InChI=1S/C27H29NO3S/c1-20-5-7-21(8-6-20)18-31-25-14-9-22(17-26(25)29-2)19-30-24-12-10-23(11-13-24)27(32)28-15-3-4-16-28/h5-14,17H,3-4,15-16,18-19H2,1-2H3. The second kappa shape index (κ2) is 10.5. The summed E-state index contributed by atoms with van der Waals surface area (Å²) in [6, 6.07) is 22.3. The first-order valence-electron chi connectivity index (χ1n) is 11.0. The highest BCUT2D eigenvalue weighted by atomic mass is 32.1. The second-order valence-electron chi connectivity index (χ2n) is 8.07. The van der Waals surface area contributed by atoms with Crippen LogP contribution in [0.4, 0.5) is 0 Å². The highest BCUT2D eigenvalue weighted by Crippen LogP contribution is 2.29. The van der Waals surface area contributed by atoms with E-state index in [1.54, 1.807) is 7.11 Å². The van der Waals surface area contributed by atoms with Crippen molar-refractivity contribution in [3.05, 3.63) is 89.0 Å². The predicted molar refractivity (Wildman–Crippen MR) is 132 cm³/mol. The number of ether oxygens (including phenoxy) is 3. The molecule has 3 aromatic rings. The molecule has 0 atom stereocenters. The minimum Gasteiger partial charge on any atom is -0.493 e. The first-order chi connectivity index (χ1) is 15.6. The zero-order valence-electron chi connectivity index (χ0n) is 18.7. The van der Waals surface area contributed by atoms with Gasteiger partial charge < -0.3 is 19.1 Å². The second-order valence-corrected chi connectivity index (χ2v) is 8.46. The first kappa shape index (κ1) is 22.2. The lowest BCUT2D eigenvalue weighted by atomic mass is 10.1. The van der Waals surface area contributed by atoms with E-state index in [1.165, 1.54) is 18.4 Å². The molecule has 4 rings (SSSR count). The monoisotopic (exact) mass is 447 g/mol. The topological polar surface area (TPSA) is 30.9 Å². The van der Waals surface area contributed by atoms with E-state index in [9.17, 15) is 0 Å². The molecule has 4 nitrogen and oxygen atoms in total. The Morgan fingerprint density at radius 2 is 1.47 bits per heavy atom. The fourth-order valence-electron chi connectivity index (χ4n) is 3.73. The fraction of sp³-hybridized carbons (Fsp3) is 0.296. The summed E-state index contributed by atoms with van der Waals surface area (Å²) in [5.74, 6) is 2.23. The Morgan fingerprint density at radius 3 is 2.16 bits per heavy atom. The van der Waals surface area contributed by atoms with Gasteiger partial charge in [-0.05, 0) is 67.3 Å². The van der Waals surface area contributed by atoms with Crippen LogP contribution in [0.5, 0.6) is 17.2 Å². The summed E-state index contributed by atoms with van der Waals surface area (Å²) in [6.07, 6.45) is 2.45. The van der Waals surface area contributed by atoms with Crippen molar-refractivity contribution in [2.24, 2.45) is 0 Å². The zero-order chi connectivity index (χ0) is 22.3. The van der Waals surface area contributed by atoms with Gasteiger partial charge in [0.15, 0.2) is 11.5 Å². The fourth-order valence-corrected chi connectivity index (χ4v) is 4.05. The van der Waals surface area contributed by atoms with E-state index >= 15 is 0 Å². The van der Waals surface area contributed by atoms with Crippen molar-refractivity contribution in [3.63, 3.8) is 0 Å². The Hall–Kier alpha value is -3.05. The minimum atomic E-state index is 0.449. The van der Waals surface area contributed by atoms with Crippen molar-refractivity contribution in [3.8, 4) is 17.2 Å². The maximum Gasteiger partial charge on any atom is 0.161 e. The van der Waals surface area contributed by atoms with Gasteiger partial charge in [-0.15, -0.1) is 0 Å². The van der Waals surface area contributed by atoms with Crippen LogP contribution >= 0.6 is 12.2 Å². The van der Waals surface area contributed by atoms with Gasteiger partial charge in [0.05, 0.1) is 7.11 Å². The summed E-state index contributed by atoms with van der Waals surface area (Å²) >= 11 is 5.62. The van der Waals surface area contributed by atoms with E-state index in [0.717, 1.165) is 46.3 Å². The number of rotatable bonds is 8. The van der Waals surface area contributed by atoms with Crippen LogP contribution in [-0.2, 0) is 13.2 Å². The number of methoxy groups -OCH3 is 1. The molecule has 32 heavy (non-hydrogen) atoms. The Bertz CT molecular complexity index is 1040. The average Bonchev–Trinajstić information content (AvgIpc) is 3.37. The van der Waals surface area contributed by atoms with Gasteiger partial charge in [0.2, 0.25) is 0 Å². The molecule has 1 fully saturated rings. The molecule has 0 spiro atoms. The first-order valence-corrected chi connectivity index (χ1v) is 11.4. The molecule has 1 aliphatic rings. The van der Waals surface area contributed by atoms with Gasteiger partial charge in [0.25, 0.3) is 0 Å². The molecule has 0 bridgehead atoms. The smallest absolute Gasteiger partial charge is 0.161 e. The number of aryl methyl sites for hydroxylation is 1. The van der Waals surface area contributed by atoms with Gasteiger partial charge in [0.1, 0.15) is 24.0 Å². The highest BCUT2D eigenvalue weighted by Gasteiger charge is 2.16. The summed E-state index contributed by atoms with van der Waals surface area (Å²) in [5, 5.41) is 0. The lowest BCUT2D eigenvalue weighted by Gasteiger charge is -2.18.